The van der Waals surface area contributed by atoms with Crippen molar-refractivity contribution in [1.82, 2.24) is 4.98 Å². The van der Waals surface area contributed by atoms with Crippen LogP contribution in [0.5, 0.6) is 0 Å². The third-order valence-electron chi connectivity index (χ3n) is 1.14. The molecule has 0 saturated heterocycles. The maximum absolute atomic E-state index is 5.66. The second kappa shape index (κ2) is 4.81. The Balaban J connectivity index is 0.000001000. The number of hydrogen-bond acceptors (Lipinski definition) is 1. The fourth-order valence-corrected chi connectivity index (χ4v) is 1.20. The molecule has 0 spiro atoms. The summed E-state index contributed by atoms with van der Waals surface area (Å²) in [6.45, 7) is 1.89. The minimum atomic E-state index is 0. The van der Waals surface area contributed by atoms with E-state index < -0.39 is 0 Å². The lowest BCUT2D eigenvalue weighted by atomic mass is 10.2. The molecule has 0 atom stereocenters. The van der Waals surface area contributed by atoms with Crippen molar-refractivity contribution in [2.45, 2.75) is 12.8 Å². The zero-order valence-corrected chi connectivity index (χ0v) is 8.30. The largest absolute Gasteiger partial charge is 0.241 e. The van der Waals surface area contributed by atoms with Gasteiger partial charge in [-0.3, -0.25) is 0 Å². The minimum absolute atomic E-state index is 0. The molecule has 0 fully saturated rings. The standard InChI is InChI=1S/C7H7Cl2N.ClH/c1-5-2-6(4-8)3-7(9)10-5;/h2-3H,4H2,1H3;1H. The lowest BCUT2D eigenvalue weighted by molar-refractivity contribution is 1.17. The zero-order chi connectivity index (χ0) is 7.56. The summed E-state index contributed by atoms with van der Waals surface area (Å²) in [6, 6.07) is 3.68. The van der Waals surface area contributed by atoms with Gasteiger partial charge in [0.2, 0.25) is 0 Å². The first-order valence-electron chi connectivity index (χ1n) is 2.91. The van der Waals surface area contributed by atoms with Gasteiger partial charge in [-0.15, -0.1) is 24.0 Å². The number of nitrogens with zero attached hydrogens (tertiary/aromatic N) is 1. The summed E-state index contributed by atoms with van der Waals surface area (Å²) < 4.78 is 0. The molecule has 0 saturated carbocycles. The number of rotatable bonds is 1. The van der Waals surface area contributed by atoms with Gasteiger partial charge in [-0.25, -0.2) is 4.98 Å². The van der Waals surface area contributed by atoms with E-state index in [0.29, 0.717) is 11.0 Å². The lowest BCUT2D eigenvalue weighted by Gasteiger charge is -1.97. The van der Waals surface area contributed by atoms with Crippen LogP contribution >= 0.6 is 35.6 Å². The smallest absolute Gasteiger partial charge is 0.129 e. The van der Waals surface area contributed by atoms with Crippen molar-refractivity contribution in [3.8, 4) is 0 Å². The van der Waals surface area contributed by atoms with E-state index in [0.717, 1.165) is 11.3 Å². The summed E-state index contributed by atoms with van der Waals surface area (Å²) in [7, 11) is 0. The molecular formula is C7H8Cl3N. The molecule has 0 aromatic carbocycles. The fraction of sp³-hybridized carbons (Fsp3) is 0.286. The highest BCUT2D eigenvalue weighted by molar-refractivity contribution is 6.29. The summed E-state index contributed by atoms with van der Waals surface area (Å²) in [5.41, 5.74) is 1.92. The Labute approximate surface area is 82.1 Å². The number of aromatic nitrogens is 1. The van der Waals surface area contributed by atoms with Gasteiger partial charge in [0.15, 0.2) is 0 Å². The topological polar surface area (TPSA) is 12.9 Å². The van der Waals surface area contributed by atoms with Crippen LogP contribution < -0.4 is 0 Å². The third-order valence-corrected chi connectivity index (χ3v) is 1.64. The number of pyridine rings is 1. The first kappa shape index (κ1) is 11.0. The predicted molar refractivity (Wildman–Crippen MR) is 50.8 cm³/mol. The van der Waals surface area contributed by atoms with E-state index >= 15 is 0 Å². The number of aryl methyl sites for hydroxylation is 1. The molecule has 1 aromatic heterocycles. The minimum Gasteiger partial charge on any atom is -0.241 e. The van der Waals surface area contributed by atoms with Crippen molar-refractivity contribution in [2.24, 2.45) is 0 Å². The van der Waals surface area contributed by atoms with Crippen molar-refractivity contribution >= 4 is 35.6 Å². The summed E-state index contributed by atoms with van der Waals surface area (Å²) in [4.78, 5) is 3.99. The van der Waals surface area contributed by atoms with Crippen molar-refractivity contribution in [3.63, 3.8) is 0 Å². The quantitative estimate of drug-likeness (QED) is 0.515. The number of hydrogen-bond donors (Lipinski definition) is 0. The van der Waals surface area contributed by atoms with Crippen molar-refractivity contribution in [2.75, 3.05) is 0 Å². The van der Waals surface area contributed by atoms with Gasteiger partial charge < -0.3 is 0 Å². The Kier molecular flexibility index (Phi) is 4.82. The van der Waals surface area contributed by atoms with E-state index in [1.165, 1.54) is 0 Å². The Morgan fingerprint density at radius 3 is 2.55 bits per heavy atom. The van der Waals surface area contributed by atoms with E-state index in [9.17, 15) is 0 Å². The van der Waals surface area contributed by atoms with Crippen LogP contribution in [0.2, 0.25) is 5.15 Å². The van der Waals surface area contributed by atoms with Gasteiger partial charge in [0.25, 0.3) is 0 Å². The van der Waals surface area contributed by atoms with Gasteiger partial charge in [0.1, 0.15) is 5.15 Å². The maximum atomic E-state index is 5.66. The predicted octanol–water partition coefficient (Wildman–Crippen LogP) is 3.20. The molecule has 0 unspecified atom stereocenters. The van der Waals surface area contributed by atoms with Crippen LogP contribution in [-0.2, 0) is 5.88 Å². The van der Waals surface area contributed by atoms with Gasteiger partial charge in [-0.1, -0.05) is 11.6 Å². The normalized spacial score (nSPS) is 9.00. The Bertz CT molecular complexity index is 217. The summed E-state index contributed by atoms with van der Waals surface area (Å²) in [6.07, 6.45) is 0. The van der Waals surface area contributed by atoms with E-state index in [4.69, 9.17) is 23.2 Å². The van der Waals surface area contributed by atoms with Crippen LogP contribution in [0.1, 0.15) is 11.3 Å². The Morgan fingerprint density at radius 1 is 1.45 bits per heavy atom. The van der Waals surface area contributed by atoms with Gasteiger partial charge in [-0.05, 0) is 24.6 Å². The first-order chi connectivity index (χ1) is 4.72. The highest BCUT2D eigenvalue weighted by Gasteiger charge is 1.94. The van der Waals surface area contributed by atoms with Crippen LogP contribution in [0.25, 0.3) is 0 Å². The molecular weight excluding hydrogens is 204 g/mol. The Morgan fingerprint density at radius 2 is 2.09 bits per heavy atom. The molecule has 0 bridgehead atoms. The molecule has 1 nitrogen and oxygen atoms in total. The van der Waals surface area contributed by atoms with Crippen LogP contribution in [0.15, 0.2) is 12.1 Å². The Hall–Kier alpha value is 0.0200. The van der Waals surface area contributed by atoms with Crippen LogP contribution in [0.3, 0.4) is 0 Å². The van der Waals surface area contributed by atoms with Gasteiger partial charge >= 0.3 is 0 Å². The fourth-order valence-electron chi connectivity index (χ4n) is 0.773. The highest BCUT2D eigenvalue weighted by Crippen LogP contribution is 2.11. The summed E-state index contributed by atoms with van der Waals surface area (Å²) >= 11 is 11.2. The van der Waals surface area contributed by atoms with E-state index in [-0.39, 0.29) is 12.4 Å². The van der Waals surface area contributed by atoms with Crippen molar-refractivity contribution < 1.29 is 0 Å². The van der Waals surface area contributed by atoms with Gasteiger partial charge in [0.05, 0.1) is 0 Å². The molecule has 1 heterocycles. The molecule has 0 aliphatic heterocycles. The number of halogens is 3. The molecule has 0 aliphatic rings. The van der Waals surface area contributed by atoms with E-state index in [1.807, 2.05) is 13.0 Å². The molecule has 62 valence electrons. The average Bonchev–Trinajstić information content (AvgIpc) is 1.85. The van der Waals surface area contributed by atoms with E-state index in [1.54, 1.807) is 6.07 Å². The summed E-state index contributed by atoms with van der Waals surface area (Å²) in [5, 5.41) is 0.510. The van der Waals surface area contributed by atoms with Crippen LogP contribution in [0.4, 0.5) is 0 Å². The first-order valence-corrected chi connectivity index (χ1v) is 3.82. The molecule has 1 rings (SSSR count). The van der Waals surface area contributed by atoms with Crippen molar-refractivity contribution in [3.05, 3.63) is 28.5 Å². The molecule has 1 aromatic rings. The molecule has 11 heavy (non-hydrogen) atoms. The second-order valence-electron chi connectivity index (χ2n) is 2.07. The van der Waals surface area contributed by atoms with E-state index in [2.05, 4.69) is 4.98 Å². The number of alkyl halides is 1. The van der Waals surface area contributed by atoms with Crippen LogP contribution in [-0.4, -0.2) is 4.98 Å². The van der Waals surface area contributed by atoms with Gasteiger partial charge in [0, 0.05) is 11.6 Å². The molecule has 4 heteroatoms. The molecule has 0 radical (unpaired) electrons. The monoisotopic (exact) mass is 211 g/mol. The second-order valence-corrected chi connectivity index (χ2v) is 2.73. The average molecular weight is 213 g/mol. The third kappa shape index (κ3) is 3.28. The molecule has 0 N–H and O–H groups in total. The zero-order valence-electron chi connectivity index (χ0n) is 5.97. The van der Waals surface area contributed by atoms with Crippen LogP contribution in [0, 0.1) is 6.92 Å². The van der Waals surface area contributed by atoms with Gasteiger partial charge in [-0.2, -0.15) is 0 Å². The molecule has 0 amide bonds. The van der Waals surface area contributed by atoms with Crippen molar-refractivity contribution in [1.29, 1.82) is 0 Å². The molecule has 0 aliphatic carbocycles. The highest BCUT2D eigenvalue weighted by atomic mass is 35.5. The lowest BCUT2D eigenvalue weighted by Crippen LogP contribution is -1.85. The SMILES string of the molecule is Cc1cc(CCl)cc(Cl)n1.Cl. The maximum Gasteiger partial charge on any atom is 0.129 e. The summed E-state index contributed by atoms with van der Waals surface area (Å²) in [5.74, 6) is 0.489.